The van der Waals surface area contributed by atoms with Gasteiger partial charge in [-0.2, -0.15) is 0 Å². The van der Waals surface area contributed by atoms with Crippen LogP contribution in [0.3, 0.4) is 0 Å². The van der Waals surface area contributed by atoms with Crippen molar-refractivity contribution in [1.82, 2.24) is 0 Å². The first-order chi connectivity index (χ1) is 4.88. The molecule has 5 heteroatoms. The molecule has 0 N–H and O–H groups in total. The number of carbonyl (C=O) groups is 1. The van der Waals surface area contributed by atoms with Gasteiger partial charge in [0.15, 0.2) is 0 Å². The SMILES string of the molecule is CCC(=O)CC(C)[B-](F)(F)F. The van der Waals surface area contributed by atoms with Crippen LogP contribution in [0.4, 0.5) is 12.9 Å². The molecule has 0 saturated carbocycles. The Balaban J connectivity index is 3.87. The molecule has 0 aliphatic rings. The van der Waals surface area contributed by atoms with Crippen LogP contribution >= 0.6 is 0 Å². The molecule has 11 heavy (non-hydrogen) atoms. The molecule has 0 radical (unpaired) electrons. The highest BCUT2D eigenvalue weighted by Crippen LogP contribution is 2.28. The molecular weight excluding hydrogens is 156 g/mol. The summed E-state index contributed by atoms with van der Waals surface area (Å²) in [5.74, 6) is -1.76. The monoisotopic (exact) mass is 167 g/mol. The number of hydrogen-bond donors (Lipinski definition) is 0. The zero-order valence-electron chi connectivity index (χ0n) is 6.61. The van der Waals surface area contributed by atoms with Gasteiger partial charge in [0.25, 0.3) is 0 Å². The van der Waals surface area contributed by atoms with Crippen LogP contribution in [-0.2, 0) is 4.79 Å². The molecule has 1 nitrogen and oxygen atoms in total. The first-order valence-corrected chi connectivity index (χ1v) is 3.59. The minimum absolute atomic E-state index is 0.191. The van der Waals surface area contributed by atoms with E-state index in [4.69, 9.17) is 0 Å². The van der Waals surface area contributed by atoms with Crippen molar-refractivity contribution >= 4 is 12.8 Å². The van der Waals surface area contributed by atoms with Crippen molar-refractivity contribution in [3.63, 3.8) is 0 Å². The fraction of sp³-hybridized carbons (Fsp3) is 0.833. The van der Waals surface area contributed by atoms with E-state index in [1.165, 1.54) is 0 Å². The molecule has 66 valence electrons. The lowest BCUT2D eigenvalue weighted by Gasteiger charge is -2.21. The number of Topliss-reactive ketones (excluding diaryl/α,β-unsaturated/α-hetero) is 1. The summed E-state index contributed by atoms with van der Waals surface area (Å²) in [4.78, 5) is 10.6. The Kier molecular flexibility index (Phi) is 3.62. The van der Waals surface area contributed by atoms with Gasteiger partial charge in [-0.05, 0) is 6.42 Å². The molecule has 0 spiro atoms. The van der Waals surface area contributed by atoms with Gasteiger partial charge >= 0.3 is 6.98 Å². The Labute approximate surface area is 64.0 Å². The molecule has 0 amide bonds. The predicted octanol–water partition coefficient (Wildman–Crippen LogP) is 2.59. The minimum Gasteiger partial charge on any atom is -0.449 e. The maximum absolute atomic E-state index is 11.9. The van der Waals surface area contributed by atoms with Gasteiger partial charge in [0, 0.05) is 6.42 Å². The summed E-state index contributed by atoms with van der Waals surface area (Å²) in [6, 6.07) is 0. The summed E-state index contributed by atoms with van der Waals surface area (Å²) in [6.07, 6.45) is -0.170. The van der Waals surface area contributed by atoms with Crippen LogP contribution in [0.15, 0.2) is 0 Å². The summed E-state index contributed by atoms with van der Waals surface area (Å²) < 4.78 is 35.6. The van der Waals surface area contributed by atoms with E-state index in [0.29, 0.717) is 0 Å². The number of carbonyl (C=O) groups excluding carboxylic acids is 1. The lowest BCUT2D eigenvalue weighted by molar-refractivity contribution is -0.118. The molecule has 0 aromatic rings. The average Bonchev–Trinajstić information content (AvgIpc) is 1.85. The van der Waals surface area contributed by atoms with E-state index in [1.54, 1.807) is 6.92 Å². The van der Waals surface area contributed by atoms with Crippen molar-refractivity contribution in [3.8, 4) is 0 Å². The van der Waals surface area contributed by atoms with E-state index in [9.17, 15) is 17.7 Å². The predicted molar refractivity (Wildman–Crippen MR) is 38.4 cm³/mol. The molecule has 0 aromatic carbocycles. The van der Waals surface area contributed by atoms with Gasteiger partial charge in [-0.1, -0.05) is 19.7 Å². The van der Waals surface area contributed by atoms with Crippen molar-refractivity contribution < 1.29 is 17.7 Å². The molecule has 0 aromatic heterocycles. The number of rotatable bonds is 4. The van der Waals surface area contributed by atoms with Crippen molar-refractivity contribution in [2.75, 3.05) is 0 Å². The summed E-state index contributed by atoms with van der Waals surface area (Å²) in [5.41, 5.74) is 0. The second-order valence-corrected chi connectivity index (χ2v) is 2.70. The van der Waals surface area contributed by atoms with Crippen LogP contribution in [0.25, 0.3) is 0 Å². The van der Waals surface area contributed by atoms with Crippen molar-refractivity contribution in [2.24, 2.45) is 0 Å². The van der Waals surface area contributed by atoms with Crippen molar-refractivity contribution in [3.05, 3.63) is 0 Å². The smallest absolute Gasteiger partial charge is 0.449 e. The molecule has 0 aliphatic carbocycles. The van der Waals surface area contributed by atoms with E-state index < -0.39 is 12.8 Å². The highest BCUT2D eigenvalue weighted by Gasteiger charge is 2.31. The standard InChI is InChI=1S/C6H11BF3O/c1-3-6(11)4-5(2)7(8,9)10/h5H,3-4H2,1-2H3/q-1. The summed E-state index contributed by atoms with van der Waals surface area (Å²) in [6.45, 7) is -2.21. The minimum atomic E-state index is -4.83. The Morgan fingerprint density at radius 1 is 1.45 bits per heavy atom. The van der Waals surface area contributed by atoms with Gasteiger partial charge in [-0.3, -0.25) is 4.79 Å². The molecule has 0 heterocycles. The summed E-state index contributed by atoms with van der Waals surface area (Å²) >= 11 is 0. The van der Waals surface area contributed by atoms with Crippen LogP contribution in [0, 0.1) is 0 Å². The summed E-state index contributed by atoms with van der Waals surface area (Å²) in [7, 11) is 0. The fourth-order valence-corrected chi connectivity index (χ4v) is 0.637. The molecule has 0 saturated heterocycles. The second kappa shape index (κ2) is 3.78. The highest BCUT2D eigenvalue weighted by atomic mass is 19.4. The van der Waals surface area contributed by atoms with Gasteiger partial charge in [-0.25, -0.2) is 0 Å². The molecule has 0 bridgehead atoms. The molecule has 1 atom stereocenters. The third kappa shape index (κ3) is 4.06. The Morgan fingerprint density at radius 2 is 1.91 bits per heavy atom. The van der Waals surface area contributed by atoms with E-state index in [0.717, 1.165) is 6.92 Å². The topological polar surface area (TPSA) is 17.1 Å². The van der Waals surface area contributed by atoms with E-state index >= 15 is 0 Å². The third-order valence-corrected chi connectivity index (χ3v) is 1.59. The first-order valence-electron chi connectivity index (χ1n) is 3.59. The van der Waals surface area contributed by atoms with Crippen molar-refractivity contribution in [2.45, 2.75) is 32.5 Å². The molecular formula is C6H11BF3O-. The second-order valence-electron chi connectivity index (χ2n) is 2.70. The average molecular weight is 167 g/mol. The molecule has 1 unspecified atom stereocenters. The van der Waals surface area contributed by atoms with Crippen LogP contribution in [0.2, 0.25) is 5.82 Å². The van der Waals surface area contributed by atoms with E-state index in [1.807, 2.05) is 0 Å². The zero-order chi connectivity index (χ0) is 9.07. The van der Waals surface area contributed by atoms with E-state index in [2.05, 4.69) is 0 Å². The lowest BCUT2D eigenvalue weighted by atomic mass is 9.71. The van der Waals surface area contributed by atoms with Gasteiger partial charge in [0.1, 0.15) is 5.78 Å². The highest BCUT2D eigenvalue weighted by molar-refractivity contribution is 6.60. The molecule has 0 fully saturated rings. The van der Waals surface area contributed by atoms with E-state index in [-0.39, 0.29) is 18.6 Å². The Bertz CT molecular complexity index is 143. The molecule has 0 aliphatic heterocycles. The van der Waals surface area contributed by atoms with Crippen molar-refractivity contribution in [1.29, 1.82) is 0 Å². The van der Waals surface area contributed by atoms with Crippen LogP contribution < -0.4 is 0 Å². The molecule has 0 rings (SSSR count). The van der Waals surface area contributed by atoms with Gasteiger partial charge in [0.05, 0.1) is 0 Å². The van der Waals surface area contributed by atoms with Crippen LogP contribution in [0.5, 0.6) is 0 Å². The van der Waals surface area contributed by atoms with Gasteiger partial charge in [0.2, 0.25) is 0 Å². The number of halogens is 3. The summed E-state index contributed by atoms with van der Waals surface area (Å²) in [5, 5.41) is 0. The third-order valence-electron chi connectivity index (χ3n) is 1.59. The fourth-order valence-electron chi connectivity index (χ4n) is 0.637. The van der Waals surface area contributed by atoms with Crippen LogP contribution in [-0.4, -0.2) is 12.8 Å². The zero-order valence-corrected chi connectivity index (χ0v) is 6.61. The number of hydrogen-bond acceptors (Lipinski definition) is 1. The van der Waals surface area contributed by atoms with Gasteiger partial charge < -0.3 is 12.9 Å². The lowest BCUT2D eigenvalue weighted by Crippen LogP contribution is -2.23. The Hall–Kier alpha value is -0.475. The maximum atomic E-state index is 11.9. The largest absolute Gasteiger partial charge is 0.481 e. The Morgan fingerprint density at radius 3 is 2.18 bits per heavy atom. The maximum Gasteiger partial charge on any atom is 0.481 e. The number of ketones is 1. The van der Waals surface area contributed by atoms with Crippen LogP contribution in [0.1, 0.15) is 26.7 Å². The van der Waals surface area contributed by atoms with Gasteiger partial charge in [-0.15, -0.1) is 0 Å². The quantitative estimate of drug-likeness (QED) is 0.588. The normalized spacial score (nSPS) is 14.6. The first kappa shape index (κ1) is 10.5.